The predicted octanol–water partition coefficient (Wildman–Crippen LogP) is 5.17. The molecule has 1 saturated heterocycles. The van der Waals surface area contributed by atoms with Crippen molar-refractivity contribution >= 4 is 11.8 Å². The molecule has 6 aliphatic rings. The summed E-state index contributed by atoms with van der Waals surface area (Å²) in [5.41, 5.74) is -1.06. The molecule has 4 nitrogen and oxygen atoms in total. The molecule has 1 aliphatic heterocycles. The van der Waals surface area contributed by atoms with Gasteiger partial charge in [-0.15, -0.1) is 0 Å². The van der Waals surface area contributed by atoms with Crippen molar-refractivity contribution in [3.05, 3.63) is 36.0 Å². The Morgan fingerprint density at radius 3 is 2.42 bits per heavy atom. The second-order valence-electron chi connectivity index (χ2n) is 13.3. The van der Waals surface area contributed by atoms with Gasteiger partial charge in [0.2, 0.25) is 0 Å². The summed E-state index contributed by atoms with van der Waals surface area (Å²) in [5.74, 6) is 1.02. The van der Waals surface area contributed by atoms with Crippen molar-refractivity contribution in [2.75, 3.05) is 0 Å². The number of esters is 1. The molecule has 3 saturated carbocycles. The number of carbonyl (C=O) groups is 2. The molecular formula is C29H38O4. The predicted molar refractivity (Wildman–Crippen MR) is 126 cm³/mol. The van der Waals surface area contributed by atoms with Crippen molar-refractivity contribution in [2.45, 2.75) is 84.8 Å². The maximum atomic E-state index is 13.1. The van der Waals surface area contributed by atoms with Crippen molar-refractivity contribution in [2.24, 2.45) is 45.3 Å². The van der Waals surface area contributed by atoms with Gasteiger partial charge in [-0.1, -0.05) is 38.2 Å². The van der Waals surface area contributed by atoms with Gasteiger partial charge in [-0.25, -0.2) is 0 Å². The highest BCUT2D eigenvalue weighted by molar-refractivity contribution is 5.99. The van der Waals surface area contributed by atoms with Crippen molar-refractivity contribution in [3.8, 4) is 0 Å². The first-order chi connectivity index (χ1) is 15.4. The second-order valence-corrected chi connectivity index (χ2v) is 13.3. The summed E-state index contributed by atoms with van der Waals surface area (Å²) in [4.78, 5) is 25.9. The van der Waals surface area contributed by atoms with Crippen LogP contribution in [0.5, 0.6) is 0 Å². The molecule has 0 spiro atoms. The van der Waals surface area contributed by atoms with E-state index in [0.29, 0.717) is 11.8 Å². The highest BCUT2D eigenvalue weighted by Gasteiger charge is 2.71. The molecule has 0 radical (unpaired) electrons. The smallest absolute Gasteiger partial charge is 0.312 e. The number of aliphatic hydroxyl groups is 1. The van der Waals surface area contributed by atoms with Gasteiger partial charge in [-0.3, -0.25) is 9.59 Å². The van der Waals surface area contributed by atoms with Gasteiger partial charge in [-0.05, 0) is 94.1 Å². The van der Waals surface area contributed by atoms with Crippen LogP contribution < -0.4 is 0 Å². The molecule has 0 aromatic rings. The Bertz CT molecular complexity index is 1030. The van der Waals surface area contributed by atoms with Crippen LogP contribution in [-0.4, -0.2) is 28.6 Å². The molecule has 5 aliphatic carbocycles. The van der Waals surface area contributed by atoms with E-state index in [2.05, 4.69) is 39.0 Å². The molecule has 0 amide bonds. The summed E-state index contributed by atoms with van der Waals surface area (Å²) in [6.07, 6.45) is 15.3. The van der Waals surface area contributed by atoms with Gasteiger partial charge < -0.3 is 9.84 Å². The highest BCUT2D eigenvalue weighted by Crippen LogP contribution is 2.70. The first-order valence-corrected chi connectivity index (χ1v) is 12.9. The van der Waals surface area contributed by atoms with Crippen molar-refractivity contribution in [3.63, 3.8) is 0 Å². The monoisotopic (exact) mass is 450 g/mol. The van der Waals surface area contributed by atoms with Crippen LogP contribution in [-0.2, 0) is 14.3 Å². The number of hydrogen-bond acceptors (Lipinski definition) is 4. The summed E-state index contributed by atoms with van der Waals surface area (Å²) in [5, 5.41) is 12.5. The molecule has 0 aromatic carbocycles. The molecule has 9 atom stereocenters. The highest BCUT2D eigenvalue weighted by atomic mass is 16.5. The Balaban J connectivity index is 1.36. The fraction of sp³-hybridized carbons (Fsp3) is 0.724. The first-order valence-electron chi connectivity index (χ1n) is 12.9. The molecule has 1 N–H and O–H groups in total. The van der Waals surface area contributed by atoms with Crippen LogP contribution in [0.25, 0.3) is 0 Å². The van der Waals surface area contributed by atoms with E-state index in [0.717, 1.165) is 44.1 Å². The minimum Gasteiger partial charge on any atom is -0.462 e. The Hall–Kier alpha value is -1.68. The van der Waals surface area contributed by atoms with E-state index in [1.165, 1.54) is 0 Å². The summed E-state index contributed by atoms with van der Waals surface area (Å²) in [6.45, 7) is 10.7. The number of hydrogen-bond donors (Lipinski definition) is 1. The summed E-state index contributed by atoms with van der Waals surface area (Å²) in [7, 11) is 0. The van der Waals surface area contributed by atoms with E-state index in [9.17, 15) is 14.7 Å². The zero-order valence-electron chi connectivity index (χ0n) is 20.7. The quantitative estimate of drug-likeness (QED) is 0.560. The average molecular weight is 451 g/mol. The molecule has 4 heteroatoms. The van der Waals surface area contributed by atoms with Crippen molar-refractivity contribution in [1.29, 1.82) is 0 Å². The molecule has 1 heterocycles. The van der Waals surface area contributed by atoms with E-state index >= 15 is 0 Å². The molecule has 33 heavy (non-hydrogen) atoms. The number of ketones is 1. The van der Waals surface area contributed by atoms with E-state index in [1.807, 2.05) is 19.9 Å². The fourth-order valence-electron chi connectivity index (χ4n) is 9.29. The zero-order chi connectivity index (χ0) is 23.6. The van der Waals surface area contributed by atoms with E-state index in [4.69, 9.17) is 4.74 Å². The molecule has 4 fully saturated rings. The van der Waals surface area contributed by atoms with Crippen LogP contribution in [0.2, 0.25) is 0 Å². The van der Waals surface area contributed by atoms with Crippen LogP contribution in [0.1, 0.15) is 73.1 Å². The normalized spacial score (nSPS) is 53.8. The zero-order valence-corrected chi connectivity index (χ0v) is 20.7. The average Bonchev–Trinajstić information content (AvgIpc) is 3.22. The van der Waals surface area contributed by atoms with Crippen molar-refractivity contribution in [1.82, 2.24) is 0 Å². The number of rotatable bonds is 1. The number of ether oxygens (including phenoxy) is 1. The third-order valence-corrected chi connectivity index (χ3v) is 12.1. The van der Waals surface area contributed by atoms with Crippen LogP contribution in [0.3, 0.4) is 0 Å². The Morgan fingerprint density at radius 1 is 0.939 bits per heavy atom. The lowest BCUT2D eigenvalue weighted by atomic mass is 9.47. The lowest BCUT2D eigenvalue weighted by Gasteiger charge is -2.57. The Kier molecular flexibility index (Phi) is 4.17. The van der Waals surface area contributed by atoms with Gasteiger partial charge in [0.1, 0.15) is 6.10 Å². The summed E-state index contributed by atoms with van der Waals surface area (Å²) >= 11 is 0. The van der Waals surface area contributed by atoms with Crippen LogP contribution >= 0.6 is 0 Å². The van der Waals surface area contributed by atoms with E-state index < -0.39 is 16.4 Å². The standard InChI is InChI=1S/C29H38O4/c1-25(2)24(31)33-22-16-26(25,3)15-21(22)29(32)14-12-19-18-10-9-17-7-6-8-23(30)28(17,5)20(18)11-13-27(19,29)4/h6-10,18-22,32H,11-16H2,1-5H3. The summed E-state index contributed by atoms with van der Waals surface area (Å²) < 4.78 is 6.01. The largest absolute Gasteiger partial charge is 0.462 e. The minimum atomic E-state index is -0.840. The van der Waals surface area contributed by atoms with E-state index in [1.54, 1.807) is 6.08 Å². The number of fused-ring (bicyclic) bond motifs is 7. The third-order valence-electron chi connectivity index (χ3n) is 12.1. The molecule has 2 bridgehead atoms. The first kappa shape index (κ1) is 21.8. The molecular weight excluding hydrogens is 412 g/mol. The Labute approximate surface area is 197 Å². The third kappa shape index (κ3) is 2.37. The van der Waals surface area contributed by atoms with Gasteiger partial charge >= 0.3 is 5.97 Å². The van der Waals surface area contributed by atoms with Crippen LogP contribution in [0.15, 0.2) is 36.0 Å². The topological polar surface area (TPSA) is 63.6 Å². The molecule has 178 valence electrons. The SMILES string of the molecule is CC12C(=O)C=CC=C1C=CC1C2CCC2(C)C1CCC2(O)C1CC2(C)CC1OC(=O)C2(C)C. The Morgan fingerprint density at radius 2 is 1.67 bits per heavy atom. The van der Waals surface area contributed by atoms with Crippen molar-refractivity contribution < 1.29 is 19.4 Å². The lowest BCUT2D eigenvalue weighted by Crippen LogP contribution is -2.58. The molecule has 9 unspecified atom stereocenters. The van der Waals surface area contributed by atoms with E-state index in [-0.39, 0.29) is 40.5 Å². The second kappa shape index (κ2) is 6.30. The molecule has 0 aromatic heterocycles. The number of allylic oxidation sites excluding steroid dienone is 6. The van der Waals surface area contributed by atoms with Gasteiger partial charge in [0.15, 0.2) is 5.78 Å². The van der Waals surface area contributed by atoms with Gasteiger partial charge in [0.25, 0.3) is 0 Å². The van der Waals surface area contributed by atoms with Crippen LogP contribution in [0, 0.1) is 45.3 Å². The lowest BCUT2D eigenvalue weighted by molar-refractivity contribution is -0.187. The summed E-state index contributed by atoms with van der Waals surface area (Å²) in [6, 6.07) is 0. The minimum absolute atomic E-state index is 0.0161. The molecule has 6 rings (SSSR count). The number of carbonyl (C=O) groups excluding carboxylic acids is 2. The van der Waals surface area contributed by atoms with Crippen LogP contribution in [0.4, 0.5) is 0 Å². The van der Waals surface area contributed by atoms with Gasteiger partial charge in [0.05, 0.1) is 16.4 Å². The maximum absolute atomic E-state index is 13.1. The fourth-order valence-corrected chi connectivity index (χ4v) is 9.29. The van der Waals surface area contributed by atoms with Gasteiger partial charge in [-0.2, -0.15) is 0 Å². The van der Waals surface area contributed by atoms with Gasteiger partial charge in [0, 0.05) is 11.3 Å². The maximum Gasteiger partial charge on any atom is 0.312 e.